The van der Waals surface area contributed by atoms with Crippen molar-refractivity contribution in [3.63, 3.8) is 0 Å². The van der Waals surface area contributed by atoms with Gasteiger partial charge in [0.25, 0.3) is 5.91 Å². The third-order valence-corrected chi connectivity index (χ3v) is 5.83. The summed E-state index contributed by atoms with van der Waals surface area (Å²) in [6, 6.07) is 9.37. The van der Waals surface area contributed by atoms with Crippen molar-refractivity contribution in [1.29, 1.82) is 0 Å². The van der Waals surface area contributed by atoms with Crippen molar-refractivity contribution in [2.75, 3.05) is 22.9 Å². The average molecular weight is 336 g/mol. The molecule has 1 fully saturated rings. The van der Waals surface area contributed by atoms with Gasteiger partial charge in [-0.15, -0.1) is 0 Å². The number of aryl methyl sites for hydroxylation is 1. The number of hydrogen-bond donors (Lipinski definition) is 0. The molecule has 1 saturated carbocycles. The molecule has 0 N–H and O–H groups in total. The van der Waals surface area contributed by atoms with Crippen molar-refractivity contribution in [2.24, 2.45) is 0 Å². The van der Waals surface area contributed by atoms with Crippen LogP contribution in [-0.4, -0.2) is 34.6 Å². The Labute approximate surface area is 148 Å². The second-order valence-electron chi connectivity index (χ2n) is 7.54. The average Bonchev–Trinajstić information content (AvgIpc) is 3.39. The molecule has 1 amide bonds. The topological polar surface area (TPSA) is 41.4 Å². The molecule has 1 aromatic heterocycles. The number of imidazole rings is 1. The second kappa shape index (κ2) is 5.61. The molecule has 5 heteroatoms. The zero-order valence-electron chi connectivity index (χ0n) is 14.7. The Hall–Kier alpha value is -2.30. The van der Waals surface area contributed by atoms with Gasteiger partial charge in [-0.05, 0) is 44.7 Å². The molecule has 5 rings (SSSR count). The van der Waals surface area contributed by atoms with E-state index in [9.17, 15) is 4.79 Å². The summed E-state index contributed by atoms with van der Waals surface area (Å²) in [6.45, 7) is 3.87. The van der Waals surface area contributed by atoms with E-state index in [1.54, 1.807) is 6.20 Å². The number of rotatable bonds is 2. The molecule has 25 heavy (non-hydrogen) atoms. The van der Waals surface area contributed by atoms with E-state index in [0.717, 1.165) is 49.6 Å². The predicted molar refractivity (Wildman–Crippen MR) is 98.4 cm³/mol. The molecule has 5 nitrogen and oxygen atoms in total. The van der Waals surface area contributed by atoms with Crippen LogP contribution in [0.3, 0.4) is 0 Å². The highest BCUT2D eigenvalue weighted by Gasteiger charge is 2.36. The van der Waals surface area contributed by atoms with Crippen LogP contribution in [0, 0.1) is 0 Å². The summed E-state index contributed by atoms with van der Waals surface area (Å²) in [6.07, 6.45) is 7.59. The van der Waals surface area contributed by atoms with Gasteiger partial charge in [-0.2, -0.15) is 0 Å². The second-order valence-corrected chi connectivity index (χ2v) is 7.54. The van der Waals surface area contributed by atoms with Crippen molar-refractivity contribution in [3.8, 4) is 0 Å². The van der Waals surface area contributed by atoms with Crippen LogP contribution >= 0.6 is 0 Å². The molecule has 0 spiro atoms. The van der Waals surface area contributed by atoms with Gasteiger partial charge in [0.15, 0.2) is 0 Å². The molecular weight excluding hydrogens is 312 g/mol. The monoisotopic (exact) mass is 336 g/mol. The Balaban J connectivity index is 1.52. The highest BCUT2D eigenvalue weighted by molar-refractivity contribution is 6.07. The first-order chi connectivity index (χ1) is 12.2. The van der Waals surface area contributed by atoms with Crippen LogP contribution in [0.25, 0.3) is 0 Å². The van der Waals surface area contributed by atoms with E-state index < -0.39 is 0 Å². The molecule has 2 aromatic rings. The number of carbonyl (C=O) groups excluding carboxylic acids is 1. The van der Waals surface area contributed by atoms with E-state index in [-0.39, 0.29) is 5.91 Å². The van der Waals surface area contributed by atoms with E-state index in [0.29, 0.717) is 12.1 Å². The molecule has 0 saturated heterocycles. The third kappa shape index (κ3) is 2.36. The number of anilines is 2. The molecule has 3 heterocycles. The molecule has 1 atom stereocenters. The Bertz CT molecular complexity index is 823. The van der Waals surface area contributed by atoms with Gasteiger partial charge < -0.3 is 14.4 Å². The van der Waals surface area contributed by atoms with Gasteiger partial charge in [0.2, 0.25) is 0 Å². The van der Waals surface area contributed by atoms with Gasteiger partial charge in [0, 0.05) is 31.6 Å². The van der Waals surface area contributed by atoms with E-state index in [2.05, 4.69) is 39.6 Å². The highest BCUT2D eigenvalue weighted by Crippen LogP contribution is 2.40. The molecular formula is C20H24N4O. The molecule has 1 aliphatic carbocycles. The summed E-state index contributed by atoms with van der Waals surface area (Å²) < 4.78 is 2.17. The number of nitrogens with zero attached hydrogens (tertiary/aromatic N) is 4. The lowest BCUT2D eigenvalue weighted by Crippen LogP contribution is -2.45. The van der Waals surface area contributed by atoms with Crippen LogP contribution in [0.1, 0.15) is 55.0 Å². The molecule has 0 radical (unpaired) electrons. The minimum atomic E-state index is 0.0930. The quantitative estimate of drug-likeness (QED) is 0.844. The van der Waals surface area contributed by atoms with E-state index in [4.69, 9.17) is 0 Å². The van der Waals surface area contributed by atoms with Gasteiger partial charge in [0.05, 0.1) is 17.6 Å². The maximum atomic E-state index is 13.4. The lowest BCUT2D eigenvalue weighted by atomic mass is 10.1. The molecule has 1 aromatic carbocycles. The van der Waals surface area contributed by atoms with Crippen molar-refractivity contribution in [1.82, 2.24) is 9.55 Å². The number of aromatic nitrogens is 2. The van der Waals surface area contributed by atoms with Gasteiger partial charge in [-0.1, -0.05) is 12.1 Å². The van der Waals surface area contributed by atoms with Crippen molar-refractivity contribution >= 4 is 17.3 Å². The Kier molecular flexibility index (Phi) is 3.37. The lowest BCUT2D eigenvalue weighted by Gasteiger charge is -2.38. The van der Waals surface area contributed by atoms with Gasteiger partial charge in [-0.25, -0.2) is 4.98 Å². The largest absolute Gasteiger partial charge is 0.365 e. The first-order valence-electron chi connectivity index (χ1n) is 9.47. The summed E-state index contributed by atoms with van der Waals surface area (Å²) in [5.41, 5.74) is 3.00. The zero-order chi connectivity index (χ0) is 17.0. The molecule has 3 aliphatic rings. The summed E-state index contributed by atoms with van der Waals surface area (Å²) in [5, 5.41) is 0. The van der Waals surface area contributed by atoms with Crippen LogP contribution in [0.15, 0.2) is 30.5 Å². The maximum Gasteiger partial charge on any atom is 0.276 e. The number of para-hydroxylation sites is 2. The van der Waals surface area contributed by atoms with E-state index >= 15 is 0 Å². The summed E-state index contributed by atoms with van der Waals surface area (Å²) in [5.74, 6) is 1.15. The number of carbonyl (C=O) groups is 1. The Morgan fingerprint density at radius 3 is 2.72 bits per heavy atom. The minimum Gasteiger partial charge on any atom is -0.365 e. The standard InChI is InChI=1S/C20H24N4O/c1-14-5-4-8-19-21-13-18(24(14)19)20(25)23-12-11-22(15-9-10-15)16-6-2-3-7-17(16)23/h2-3,6-7,13-15H,4-5,8-12H2,1H3. The highest BCUT2D eigenvalue weighted by atomic mass is 16.2. The molecule has 130 valence electrons. The zero-order valence-corrected chi connectivity index (χ0v) is 14.7. The maximum absolute atomic E-state index is 13.4. The van der Waals surface area contributed by atoms with E-state index in [1.165, 1.54) is 18.5 Å². The van der Waals surface area contributed by atoms with Crippen molar-refractivity contribution in [3.05, 3.63) is 42.0 Å². The van der Waals surface area contributed by atoms with Crippen molar-refractivity contribution < 1.29 is 4.79 Å². The summed E-state index contributed by atoms with van der Waals surface area (Å²) in [7, 11) is 0. The fourth-order valence-electron chi connectivity index (χ4n) is 4.42. The number of benzene rings is 1. The molecule has 1 unspecified atom stereocenters. The lowest BCUT2D eigenvalue weighted by molar-refractivity contribution is 0.0974. The number of hydrogen-bond acceptors (Lipinski definition) is 3. The number of amides is 1. The van der Waals surface area contributed by atoms with Crippen LogP contribution in [0.4, 0.5) is 11.4 Å². The predicted octanol–water partition coefficient (Wildman–Crippen LogP) is 3.41. The molecule has 2 aliphatic heterocycles. The minimum absolute atomic E-state index is 0.0930. The number of fused-ring (bicyclic) bond motifs is 2. The first kappa shape index (κ1) is 15.0. The van der Waals surface area contributed by atoms with Gasteiger partial charge >= 0.3 is 0 Å². The van der Waals surface area contributed by atoms with Crippen LogP contribution in [-0.2, 0) is 6.42 Å². The van der Waals surface area contributed by atoms with Gasteiger partial charge in [0.1, 0.15) is 11.5 Å². The smallest absolute Gasteiger partial charge is 0.276 e. The van der Waals surface area contributed by atoms with Crippen molar-refractivity contribution in [2.45, 2.75) is 51.1 Å². The Morgan fingerprint density at radius 1 is 1.12 bits per heavy atom. The normalized spacial score (nSPS) is 22.5. The fraction of sp³-hybridized carbons (Fsp3) is 0.500. The molecule has 0 bridgehead atoms. The third-order valence-electron chi connectivity index (χ3n) is 5.83. The van der Waals surface area contributed by atoms with E-state index in [1.807, 2.05) is 11.0 Å². The summed E-state index contributed by atoms with van der Waals surface area (Å²) >= 11 is 0. The van der Waals surface area contributed by atoms with Gasteiger partial charge in [-0.3, -0.25) is 4.79 Å². The van der Waals surface area contributed by atoms with Crippen LogP contribution in [0.2, 0.25) is 0 Å². The SMILES string of the molecule is CC1CCCc2ncc(C(=O)N3CCN(C4CC4)c4ccccc43)n21. The van der Waals surface area contributed by atoms with Crippen LogP contribution < -0.4 is 9.80 Å². The first-order valence-corrected chi connectivity index (χ1v) is 9.47. The fourth-order valence-corrected chi connectivity index (χ4v) is 4.42. The Morgan fingerprint density at radius 2 is 1.92 bits per heavy atom. The summed E-state index contributed by atoms with van der Waals surface area (Å²) in [4.78, 5) is 22.4. The van der Waals surface area contributed by atoms with Crippen LogP contribution in [0.5, 0.6) is 0 Å².